The number of benzene rings is 1. The highest BCUT2D eigenvalue weighted by Crippen LogP contribution is 2.35. The van der Waals surface area contributed by atoms with Gasteiger partial charge in [-0.2, -0.15) is 0 Å². The standard InChI is InChI=1S/C11H11ClN2OS.BrH/c1-6-3-10(15-2)7(4-8(6)12)9-5-16-11(13)14-9;/h3-5H,1-2H3,(H2,13,14);1H. The topological polar surface area (TPSA) is 48.1 Å². The number of hydrogen-bond donors (Lipinski definition) is 1. The number of ether oxygens (including phenoxy) is 1. The van der Waals surface area contributed by atoms with Crippen LogP contribution < -0.4 is 10.5 Å². The minimum Gasteiger partial charge on any atom is -0.496 e. The molecule has 0 unspecified atom stereocenters. The molecular weight excluding hydrogens is 324 g/mol. The van der Waals surface area contributed by atoms with E-state index in [2.05, 4.69) is 4.98 Å². The molecule has 0 saturated carbocycles. The van der Waals surface area contributed by atoms with E-state index in [1.54, 1.807) is 7.11 Å². The predicted molar refractivity (Wildman–Crippen MR) is 78.6 cm³/mol. The monoisotopic (exact) mass is 334 g/mol. The first kappa shape index (κ1) is 14.3. The summed E-state index contributed by atoms with van der Waals surface area (Å²) in [6.45, 7) is 1.93. The number of aryl methyl sites for hydroxylation is 1. The van der Waals surface area contributed by atoms with Gasteiger partial charge in [0.15, 0.2) is 5.13 Å². The Kier molecular flexibility index (Phi) is 4.80. The number of methoxy groups -OCH3 is 1. The third-order valence-electron chi connectivity index (χ3n) is 2.28. The first-order valence-corrected chi connectivity index (χ1v) is 5.93. The van der Waals surface area contributed by atoms with E-state index in [-0.39, 0.29) is 17.0 Å². The molecule has 2 N–H and O–H groups in total. The molecule has 0 saturated heterocycles. The van der Waals surface area contributed by atoms with Crippen LogP contribution in [0.1, 0.15) is 5.56 Å². The van der Waals surface area contributed by atoms with Gasteiger partial charge in [-0.15, -0.1) is 28.3 Å². The first-order chi connectivity index (χ1) is 7.61. The minimum atomic E-state index is 0. The second-order valence-electron chi connectivity index (χ2n) is 3.37. The van der Waals surface area contributed by atoms with Gasteiger partial charge in [-0.3, -0.25) is 0 Å². The number of nitrogens with zero attached hydrogens (tertiary/aromatic N) is 1. The molecule has 0 aliphatic carbocycles. The van der Waals surface area contributed by atoms with Gasteiger partial charge in [0.25, 0.3) is 0 Å². The second kappa shape index (κ2) is 5.71. The lowest BCUT2D eigenvalue weighted by molar-refractivity contribution is 0.416. The third kappa shape index (κ3) is 2.91. The molecule has 0 fully saturated rings. The molecule has 0 amide bonds. The summed E-state index contributed by atoms with van der Waals surface area (Å²) in [7, 11) is 1.63. The summed E-state index contributed by atoms with van der Waals surface area (Å²) < 4.78 is 5.31. The van der Waals surface area contributed by atoms with Crippen molar-refractivity contribution in [2.75, 3.05) is 12.8 Å². The van der Waals surface area contributed by atoms with Crippen LogP contribution in [0.4, 0.5) is 5.13 Å². The van der Waals surface area contributed by atoms with Crippen LogP contribution in [0.25, 0.3) is 11.3 Å². The van der Waals surface area contributed by atoms with Crippen LogP contribution in [0, 0.1) is 6.92 Å². The molecule has 6 heteroatoms. The van der Waals surface area contributed by atoms with E-state index in [9.17, 15) is 0 Å². The molecule has 1 aromatic carbocycles. The zero-order valence-electron chi connectivity index (χ0n) is 9.36. The molecular formula is C11H12BrClN2OS. The fourth-order valence-electron chi connectivity index (χ4n) is 1.44. The highest BCUT2D eigenvalue weighted by atomic mass is 79.9. The number of nitrogens with two attached hydrogens (primary N) is 1. The number of anilines is 1. The summed E-state index contributed by atoms with van der Waals surface area (Å²) >= 11 is 7.48. The van der Waals surface area contributed by atoms with E-state index in [1.807, 2.05) is 24.4 Å². The molecule has 0 bridgehead atoms. The summed E-state index contributed by atoms with van der Waals surface area (Å²) in [5.41, 5.74) is 8.25. The van der Waals surface area contributed by atoms with Crippen molar-refractivity contribution in [2.45, 2.75) is 6.92 Å². The Balaban J connectivity index is 0.00000144. The van der Waals surface area contributed by atoms with Crippen molar-refractivity contribution in [2.24, 2.45) is 0 Å². The van der Waals surface area contributed by atoms with E-state index in [0.717, 1.165) is 22.6 Å². The second-order valence-corrected chi connectivity index (χ2v) is 4.67. The Morgan fingerprint density at radius 1 is 1.41 bits per heavy atom. The Morgan fingerprint density at radius 2 is 2.12 bits per heavy atom. The van der Waals surface area contributed by atoms with Crippen LogP contribution in [-0.2, 0) is 0 Å². The van der Waals surface area contributed by atoms with Gasteiger partial charge in [0.2, 0.25) is 0 Å². The number of rotatable bonds is 2. The number of aromatic nitrogens is 1. The van der Waals surface area contributed by atoms with Crippen molar-refractivity contribution >= 4 is 45.1 Å². The average molecular weight is 336 g/mol. The quantitative estimate of drug-likeness (QED) is 0.904. The van der Waals surface area contributed by atoms with Gasteiger partial charge < -0.3 is 10.5 Å². The maximum absolute atomic E-state index is 6.09. The smallest absolute Gasteiger partial charge is 0.180 e. The van der Waals surface area contributed by atoms with Crippen molar-refractivity contribution in [3.05, 3.63) is 28.1 Å². The van der Waals surface area contributed by atoms with Crippen LogP contribution in [0.2, 0.25) is 5.02 Å². The van der Waals surface area contributed by atoms with Crippen LogP contribution in [0.3, 0.4) is 0 Å². The molecule has 0 radical (unpaired) electrons. The van der Waals surface area contributed by atoms with Crippen molar-refractivity contribution in [3.63, 3.8) is 0 Å². The van der Waals surface area contributed by atoms with E-state index in [0.29, 0.717) is 10.2 Å². The molecule has 0 aliphatic heterocycles. The van der Waals surface area contributed by atoms with Gasteiger partial charge in [-0.1, -0.05) is 11.6 Å². The highest BCUT2D eigenvalue weighted by Gasteiger charge is 2.11. The summed E-state index contributed by atoms with van der Waals surface area (Å²) in [6, 6.07) is 3.75. The van der Waals surface area contributed by atoms with Crippen molar-refractivity contribution in [3.8, 4) is 17.0 Å². The van der Waals surface area contributed by atoms with Gasteiger partial charge in [-0.25, -0.2) is 4.98 Å². The summed E-state index contributed by atoms with van der Waals surface area (Å²) in [5, 5.41) is 3.12. The fourth-order valence-corrected chi connectivity index (χ4v) is 2.16. The van der Waals surface area contributed by atoms with Crippen molar-refractivity contribution in [1.82, 2.24) is 4.98 Å². The number of halogens is 2. The molecule has 0 atom stereocenters. The molecule has 1 heterocycles. The lowest BCUT2D eigenvalue weighted by atomic mass is 10.1. The van der Waals surface area contributed by atoms with Gasteiger partial charge in [0.05, 0.1) is 12.8 Å². The number of hydrogen-bond acceptors (Lipinski definition) is 4. The molecule has 0 spiro atoms. The molecule has 92 valence electrons. The zero-order chi connectivity index (χ0) is 11.7. The van der Waals surface area contributed by atoms with Crippen LogP contribution in [-0.4, -0.2) is 12.1 Å². The number of nitrogen functional groups attached to an aromatic ring is 1. The van der Waals surface area contributed by atoms with Gasteiger partial charge in [0, 0.05) is 16.0 Å². The van der Waals surface area contributed by atoms with E-state index in [4.69, 9.17) is 22.1 Å². The van der Waals surface area contributed by atoms with Crippen LogP contribution in [0.5, 0.6) is 5.75 Å². The molecule has 17 heavy (non-hydrogen) atoms. The largest absolute Gasteiger partial charge is 0.496 e. The van der Waals surface area contributed by atoms with Crippen LogP contribution >= 0.6 is 39.9 Å². The van der Waals surface area contributed by atoms with E-state index in [1.165, 1.54) is 11.3 Å². The predicted octanol–water partition coefficient (Wildman–Crippen LogP) is 3.94. The Bertz CT molecular complexity index is 530. The first-order valence-electron chi connectivity index (χ1n) is 4.67. The normalized spacial score (nSPS) is 9.82. The minimum absolute atomic E-state index is 0. The van der Waals surface area contributed by atoms with Gasteiger partial charge >= 0.3 is 0 Å². The zero-order valence-corrected chi connectivity index (χ0v) is 12.6. The Hall–Kier alpha value is -0.780. The average Bonchev–Trinajstić information content (AvgIpc) is 2.68. The highest BCUT2D eigenvalue weighted by molar-refractivity contribution is 8.93. The summed E-state index contributed by atoms with van der Waals surface area (Å²) in [6.07, 6.45) is 0. The van der Waals surface area contributed by atoms with Gasteiger partial charge in [-0.05, 0) is 24.6 Å². The molecule has 3 nitrogen and oxygen atoms in total. The van der Waals surface area contributed by atoms with Gasteiger partial charge in [0.1, 0.15) is 5.75 Å². The Labute approximate surface area is 119 Å². The van der Waals surface area contributed by atoms with Crippen molar-refractivity contribution < 1.29 is 4.74 Å². The number of thiazole rings is 1. The Morgan fingerprint density at radius 3 is 2.65 bits per heavy atom. The SMILES string of the molecule is Br.COc1cc(C)c(Cl)cc1-c1csc(N)n1. The molecule has 2 rings (SSSR count). The fraction of sp³-hybridized carbons (Fsp3) is 0.182. The maximum Gasteiger partial charge on any atom is 0.180 e. The maximum atomic E-state index is 6.09. The van der Waals surface area contributed by atoms with Crippen molar-refractivity contribution in [1.29, 1.82) is 0 Å². The third-order valence-corrected chi connectivity index (χ3v) is 3.36. The lowest BCUT2D eigenvalue weighted by Crippen LogP contribution is -1.91. The summed E-state index contributed by atoms with van der Waals surface area (Å²) in [5.74, 6) is 0.757. The van der Waals surface area contributed by atoms with E-state index < -0.39 is 0 Å². The molecule has 1 aromatic heterocycles. The summed E-state index contributed by atoms with van der Waals surface area (Å²) in [4.78, 5) is 4.22. The van der Waals surface area contributed by atoms with E-state index >= 15 is 0 Å². The van der Waals surface area contributed by atoms with Crippen LogP contribution in [0.15, 0.2) is 17.5 Å². The molecule has 2 aromatic rings. The lowest BCUT2D eigenvalue weighted by Gasteiger charge is -2.08. The molecule has 0 aliphatic rings.